The van der Waals surface area contributed by atoms with Crippen molar-refractivity contribution in [3.05, 3.63) is 24.3 Å². The van der Waals surface area contributed by atoms with E-state index in [2.05, 4.69) is 22.8 Å². The number of rotatable bonds is 2. The smallest absolute Gasteiger partial charge is 0.117 e. The lowest BCUT2D eigenvalue weighted by Crippen LogP contribution is -2.46. The van der Waals surface area contributed by atoms with Gasteiger partial charge in [0.05, 0.1) is 0 Å². The molecule has 3 heteroatoms. The largest absolute Gasteiger partial charge is 0.508 e. The van der Waals surface area contributed by atoms with Gasteiger partial charge < -0.3 is 14.9 Å². The molecule has 0 unspecified atom stereocenters. The minimum absolute atomic E-state index is 0.352. The van der Waals surface area contributed by atoms with E-state index in [1.807, 2.05) is 12.1 Å². The Kier molecular flexibility index (Phi) is 3.11. The molecule has 0 radical (unpaired) electrons. The van der Waals surface area contributed by atoms with Crippen LogP contribution in [0.4, 0.5) is 5.69 Å². The molecule has 1 saturated heterocycles. The predicted molar refractivity (Wildman–Crippen MR) is 62.4 cm³/mol. The Bertz CT molecular complexity index is 319. The molecular formula is C12H18N2O. The molecule has 82 valence electrons. The lowest BCUT2D eigenvalue weighted by Gasteiger charge is -2.35. The average molecular weight is 206 g/mol. The molecule has 0 saturated carbocycles. The summed E-state index contributed by atoms with van der Waals surface area (Å²) in [4.78, 5) is 4.77. The van der Waals surface area contributed by atoms with Crippen molar-refractivity contribution in [2.45, 2.75) is 6.92 Å². The van der Waals surface area contributed by atoms with E-state index in [0.717, 1.165) is 38.4 Å². The Morgan fingerprint density at radius 2 is 1.93 bits per heavy atom. The van der Waals surface area contributed by atoms with Crippen LogP contribution in [-0.4, -0.2) is 42.7 Å². The summed E-state index contributed by atoms with van der Waals surface area (Å²) in [6, 6.07) is 7.51. The standard InChI is InChI=1S/C12H18N2O/c1-2-13-6-8-14(9-7-13)11-4-3-5-12(15)10-11/h3-5,10,15H,2,6-9H2,1H3. The van der Waals surface area contributed by atoms with Gasteiger partial charge in [0.25, 0.3) is 0 Å². The van der Waals surface area contributed by atoms with Crippen molar-refractivity contribution in [3.63, 3.8) is 0 Å². The van der Waals surface area contributed by atoms with Crippen molar-refractivity contribution < 1.29 is 5.11 Å². The number of piperazine rings is 1. The fraction of sp³-hybridized carbons (Fsp3) is 0.500. The third-order valence-corrected chi connectivity index (χ3v) is 3.01. The maximum absolute atomic E-state index is 9.40. The molecule has 1 heterocycles. The molecular weight excluding hydrogens is 188 g/mol. The molecule has 3 nitrogen and oxygen atoms in total. The quantitative estimate of drug-likeness (QED) is 0.795. The fourth-order valence-corrected chi connectivity index (χ4v) is 2.01. The number of aromatic hydroxyl groups is 1. The van der Waals surface area contributed by atoms with E-state index in [9.17, 15) is 5.11 Å². The summed E-state index contributed by atoms with van der Waals surface area (Å²) in [6.45, 7) is 7.67. The highest BCUT2D eigenvalue weighted by Gasteiger charge is 2.15. The van der Waals surface area contributed by atoms with Crippen LogP contribution in [0, 0.1) is 0 Å². The molecule has 0 aliphatic carbocycles. The van der Waals surface area contributed by atoms with Gasteiger partial charge in [-0.15, -0.1) is 0 Å². The number of phenolic OH excluding ortho intramolecular Hbond substituents is 1. The molecule has 1 aliphatic rings. The lowest BCUT2D eigenvalue weighted by atomic mass is 10.2. The van der Waals surface area contributed by atoms with E-state index in [0.29, 0.717) is 5.75 Å². The Hall–Kier alpha value is -1.22. The molecule has 0 aromatic heterocycles. The van der Waals surface area contributed by atoms with Gasteiger partial charge in [-0.1, -0.05) is 13.0 Å². The van der Waals surface area contributed by atoms with Crippen LogP contribution in [0.15, 0.2) is 24.3 Å². The molecule has 0 amide bonds. The van der Waals surface area contributed by atoms with Gasteiger partial charge >= 0.3 is 0 Å². The Balaban J connectivity index is 2.01. The highest BCUT2D eigenvalue weighted by Crippen LogP contribution is 2.20. The van der Waals surface area contributed by atoms with Crippen molar-refractivity contribution in [2.24, 2.45) is 0 Å². The van der Waals surface area contributed by atoms with Crippen LogP contribution in [0.5, 0.6) is 5.75 Å². The minimum Gasteiger partial charge on any atom is -0.508 e. The van der Waals surface area contributed by atoms with Gasteiger partial charge in [-0.25, -0.2) is 0 Å². The van der Waals surface area contributed by atoms with E-state index in [-0.39, 0.29) is 0 Å². The SMILES string of the molecule is CCN1CCN(c2cccc(O)c2)CC1. The molecule has 1 aromatic rings. The van der Waals surface area contributed by atoms with E-state index < -0.39 is 0 Å². The van der Waals surface area contributed by atoms with Crippen LogP contribution in [-0.2, 0) is 0 Å². The number of nitrogens with zero attached hydrogens (tertiary/aromatic N) is 2. The summed E-state index contributed by atoms with van der Waals surface area (Å²) in [6.07, 6.45) is 0. The first-order valence-electron chi connectivity index (χ1n) is 5.56. The van der Waals surface area contributed by atoms with Crippen LogP contribution in [0.2, 0.25) is 0 Å². The van der Waals surface area contributed by atoms with Crippen LogP contribution < -0.4 is 4.90 Å². The molecule has 0 bridgehead atoms. The van der Waals surface area contributed by atoms with Crippen molar-refractivity contribution in [1.29, 1.82) is 0 Å². The first-order valence-corrected chi connectivity index (χ1v) is 5.56. The number of likely N-dealkylation sites (N-methyl/N-ethyl adjacent to an activating group) is 1. The fourth-order valence-electron chi connectivity index (χ4n) is 2.01. The van der Waals surface area contributed by atoms with Gasteiger partial charge in [-0.2, -0.15) is 0 Å². The Morgan fingerprint density at radius 1 is 1.20 bits per heavy atom. The summed E-state index contributed by atoms with van der Waals surface area (Å²) in [7, 11) is 0. The van der Waals surface area contributed by atoms with E-state index in [4.69, 9.17) is 0 Å². The van der Waals surface area contributed by atoms with Gasteiger partial charge in [0, 0.05) is 37.9 Å². The Morgan fingerprint density at radius 3 is 2.53 bits per heavy atom. The van der Waals surface area contributed by atoms with E-state index in [1.54, 1.807) is 6.07 Å². The van der Waals surface area contributed by atoms with E-state index in [1.165, 1.54) is 0 Å². The van der Waals surface area contributed by atoms with Crippen molar-refractivity contribution in [3.8, 4) is 5.75 Å². The van der Waals surface area contributed by atoms with Crippen LogP contribution >= 0.6 is 0 Å². The first kappa shape index (κ1) is 10.3. The molecule has 15 heavy (non-hydrogen) atoms. The maximum Gasteiger partial charge on any atom is 0.117 e. The number of phenols is 1. The topological polar surface area (TPSA) is 26.7 Å². The molecule has 0 atom stereocenters. The maximum atomic E-state index is 9.40. The van der Waals surface area contributed by atoms with Crippen molar-refractivity contribution >= 4 is 5.69 Å². The lowest BCUT2D eigenvalue weighted by molar-refractivity contribution is 0.271. The summed E-state index contributed by atoms with van der Waals surface area (Å²) in [5.74, 6) is 0.352. The summed E-state index contributed by atoms with van der Waals surface area (Å²) in [5, 5.41) is 9.40. The second-order valence-electron chi connectivity index (χ2n) is 3.94. The number of anilines is 1. The Labute approximate surface area is 90.9 Å². The molecule has 1 aliphatic heterocycles. The average Bonchev–Trinajstić information content (AvgIpc) is 2.29. The number of benzene rings is 1. The van der Waals surface area contributed by atoms with Gasteiger partial charge in [0.2, 0.25) is 0 Å². The molecule has 1 N–H and O–H groups in total. The van der Waals surface area contributed by atoms with E-state index >= 15 is 0 Å². The zero-order valence-electron chi connectivity index (χ0n) is 9.19. The molecule has 2 rings (SSSR count). The van der Waals surface area contributed by atoms with Crippen molar-refractivity contribution in [2.75, 3.05) is 37.6 Å². The zero-order valence-corrected chi connectivity index (χ0v) is 9.19. The second kappa shape index (κ2) is 4.53. The van der Waals surface area contributed by atoms with Crippen LogP contribution in [0.3, 0.4) is 0 Å². The number of hydrogen-bond acceptors (Lipinski definition) is 3. The van der Waals surface area contributed by atoms with Gasteiger partial charge in [-0.05, 0) is 18.7 Å². The molecule has 1 aromatic carbocycles. The summed E-state index contributed by atoms with van der Waals surface area (Å²) in [5.41, 5.74) is 1.13. The monoisotopic (exact) mass is 206 g/mol. The first-order chi connectivity index (χ1) is 7.29. The highest BCUT2D eigenvalue weighted by molar-refractivity contribution is 5.50. The third-order valence-electron chi connectivity index (χ3n) is 3.01. The summed E-state index contributed by atoms with van der Waals surface area (Å²) >= 11 is 0. The molecule has 1 fully saturated rings. The van der Waals surface area contributed by atoms with Crippen molar-refractivity contribution in [1.82, 2.24) is 4.90 Å². The summed E-state index contributed by atoms with van der Waals surface area (Å²) < 4.78 is 0. The zero-order chi connectivity index (χ0) is 10.7. The normalized spacial score (nSPS) is 18.1. The minimum atomic E-state index is 0.352. The second-order valence-corrected chi connectivity index (χ2v) is 3.94. The highest BCUT2D eigenvalue weighted by atomic mass is 16.3. The van der Waals surface area contributed by atoms with Gasteiger partial charge in [-0.3, -0.25) is 0 Å². The molecule has 0 spiro atoms. The van der Waals surface area contributed by atoms with Crippen LogP contribution in [0.25, 0.3) is 0 Å². The van der Waals surface area contributed by atoms with Crippen LogP contribution in [0.1, 0.15) is 6.92 Å². The predicted octanol–water partition coefficient (Wildman–Crippen LogP) is 1.53. The number of hydrogen-bond donors (Lipinski definition) is 1. The van der Waals surface area contributed by atoms with Gasteiger partial charge in [0.1, 0.15) is 5.75 Å². The van der Waals surface area contributed by atoms with Gasteiger partial charge in [0.15, 0.2) is 0 Å². The third kappa shape index (κ3) is 2.42.